The van der Waals surface area contributed by atoms with Gasteiger partial charge in [0, 0.05) is 35.4 Å². The summed E-state index contributed by atoms with van der Waals surface area (Å²) < 4.78 is 28.8. The first-order valence-electron chi connectivity index (χ1n) is 12.5. The third-order valence-corrected chi connectivity index (χ3v) is 9.19. The number of nitrogens with one attached hydrogen (secondary N) is 1. The van der Waals surface area contributed by atoms with Crippen LogP contribution in [0.15, 0.2) is 70.0 Å². The lowest BCUT2D eigenvalue weighted by atomic mass is 10.1. The molecule has 0 saturated carbocycles. The fraction of sp³-hybridized carbons (Fsp3) is 0.357. The second kappa shape index (κ2) is 11.2. The molecular weight excluding hydrogens is 554 g/mol. The summed E-state index contributed by atoms with van der Waals surface area (Å²) in [7, 11) is -3.68. The van der Waals surface area contributed by atoms with Crippen molar-refractivity contribution in [2.24, 2.45) is 0 Å². The van der Waals surface area contributed by atoms with Gasteiger partial charge in [-0.25, -0.2) is 8.42 Å². The lowest BCUT2D eigenvalue weighted by Crippen LogP contribution is -2.49. The van der Waals surface area contributed by atoms with E-state index in [0.29, 0.717) is 17.0 Å². The van der Waals surface area contributed by atoms with Crippen LogP contribution < -0.4 is 9.62 Å². The minimum Gasteiger partial charge on any atom is -0.352 e. The van der Waals surface area contributed by atoms with E-state index in [-0.39, 0.29) is 37.4 Å². The highest BCUT2D eigenvalue weighted by molar-refractivity contribution is 9.10. The van der Waals surface area contributed by atoms with Gasteiger partial charge in [-0.15, -0.1) is 0 Å². The summed E-state index contributed by atoms with van der Waals surface area (Å²) in [6.07, 6.45) is 1.24. The Balaban J connectivity index is 1.50. The molecule has 1 heterocycles. The van der Waals surface area contributed by atoms with Gasteiger partial charge in [0.1, 0.15) is 6.04 Å². The van der Waals surface area contributed by atoms with Crippen molar-refractivity contribution in [3.05, 3.63) is 70.7 Å². The Hall–Kier alpha value is -2.91. The first-order valence-corrected chi connectivity index (χ1v) is 14.8. The molecule has 37 heavy (non-hydrogen) atoms. The number of hydrogen-bond acceptors (Lipinski definition) is 4. The molecule has 0 radical (unpaired) electrons. The smallest absolute Gasteiger partial charge is 0.265 e. The van der Waals surface area contributed by atoms with Crippen LogP contribution in [-0.4, -0.2) is 43.8 Å². The Bertz CT molecular complexity index is 1420. The lowest BCUT2D eigenvalue weighted by Gasteiger charge is -2.30. The molecule has 2 amide bonds. The summed E-state index contributed by atoms with van der Waals surface area (Å²) >= 11 is 3.47. The third-order valence-electron chi connectivity index (χ3n) is 6.84. The van der Waals surface area contributed by atoms with Crippen molar-refractivity contribution in [3.63, 3.8) is 0 Å². The largest absolute Gasteiger partial charge is 0.352 e. The Kier molecular flexibility index (Phi) is 8.23. The topological polar surface area (TPSA) is 86.8 Å². The second-order valence-electron chi connectivity index (χ2n) is 9.46. The van der Waals surface area contributed by atoms with Crippen LogP contribution in [0.25, 0.3) is 10.8 Å². The first-order chi connectivity index (χ1) is 17.6. The van der Waals surface area contributed by atoms with Crippen LogP contribution in [0.1, 0.15) is 45.6 Å². The lowest BCUT2D eigenvalue weighted by molar-refractivity contribution is -0.140. The molecule has 9 heteroatoms. The zero-order valence-corrected chi connectivity index (χ0v) is 23.7. The fourth-order valence-electron chi connectivity index (χ4n) is 4.60. The Labute approximate surface area is 227 Å². The summed E-state index contributed by atoms with van der Waals surface area (Å²) in [6, 6.07) is 17.8. The number of carbonyl (C=O) groups excluding carboxylic acids is 2. The molecule has 0 aliphatic carbocycles. The van der Waals surface area contributed by atoms with Gasteiger partial charge >= 0.3 is 0 Å². The summed E-state index contributed by atoms with van der Waals surface area (Å²) in [6.45, 7) is 6.11. The van der Waals surface area contributed by atoms with E-state index in [2.05, 4.69) is 21.2 Å². The summed E-state index contributed by atoms with van der Waals surface area (Å²) in [4.78, 5) is 28.2. The van der Waals surface area contributed by atoms with Crippen LogP contribution in [0, 0.1) is 0 Å². The number of rotatable bonds is 10. The summed E-state index contributed by atoms with van der Waals surface area (Å²) in [5, 5.41) is 4.56. The molecule has 2 atom stereocenters. The standard InChI is InChI=1S/C28H32BrN3O4S/c1-4-19(2)30-28(34)20(3)31(18-21-9-5-12-23(29)17-21)26(33)15-8-16-32-24-13-6-10-22-11-7-14-25(27(22)24)37(32,35)36/h5-7,9-14,17,19-20H,4,8,15-16,18H2,1-3H3,(H,30,34)/t19-,20-/m1/s1. The molecule has 0 bridgehead atoms. The molecular formula is C28H32BrN3O4S. The Morgan fingerprint density at radius 3 is 2.46 bits per heavy atom. The molecule has 0 unspecified atom stereocenters. The van der Waals surface area contributed by atoms with Crippen molar-refractivity contribution < 1.29 is 18.0 Å². The number of carbonyl (C=O) groups is 2. The summed E-state index contributed by atoms with van der Waals surface area (Å²) in [5.41, 5.74) is 1.54. The maximum Gasteiger partial charge on any atom is 0.265 e. The van der Waals surface area contributed by atoms with E-state index in [1.165, 1.54) is 4.31 Å². The molecule has 3 aromatic rings. The van der Waals surface area contributed by atoms with Crippen molar-refractivity contribution in [3.8, 4) is 0 Å². The number of amides is 2. The molecule has 1 aliphatic heterocycles. The predicted octanol–water partition coefficient (Wildman–Crippen LogP) is 5.22. The second-order valence-corrected chi connectivity index (χ2v) is 12.2. The molecule has 7 nitrogen and oxygen atoms in total. The molecule has 1 aliphatic rings. The minimum atomic E-state index is -3.68. The summed E-state index contributed by atoms with van der Waals surface area (Å²) in [5.74, 6) is -0.402. The van der Waals surface area contributed by atoms with Crippen molar-refractivity contribution in [1.29, 1.82) is 0 Å². The average Bonchev–Trinajstić information content (AvgIpc) is 3.09. The van der Waals surface area contributed by atoms with E-state index < -0.39 is 16.1 Å². The maximum absolute atomic E-state index is 13.4. The molecule has 1 N–H and O–H groups in total. The number of anilines is 1. The monoisotopic (exact) mass is 585 g/mol. The molecule has 3 aromatic carbocycles. The number of benzene rings is 3. The molecule has 0 aromatic heterocycles. The van der Waals surface area contributed by atoms with E-state index in [9.17, 15) is 18.0 Å². The average molecular weight is 587 g/mol. The van der Waals surface area contributed by atoms with E-state index in [0.717, 1.165) is 27.2 Å². The van der Waals surface area contributed by atoms with Crippen LogP contribution in [0.4, 0.5) is 5.69 Å². The van der Waals surface area contributed by atoms with E-state index in [4.69, 9.17) is 0 Å². The molecule has 0 spiro atoms. The number of sulfonamides is 1. The molecule has 0 fully saturated rings. The van der Waals surface area contributed by atoms with Crippen LogP contribution in [0.2, 0.25) is 0 Å². The number of nitrogens with zero attached hydrogens (tertiary/aromatic N) is 2. The molecule has 0 saturated heterocycles. The van der Waals surface area contributed by atoms with Crippen LogP contribution >= 0.6 is 15.9 Å². The highest BCUT2D eigenvalue weighted by Crippen LogP contribution is 2.42. The predicted molar refractivity (Wildman–Crippen MR) is 150 cm³/mol. The zero-order chi connectivity index (χ0) is 26.7. The third kappa shape index (κ3) is 5.67. The fourth-order valence-corrected chi connectivity index (χ4v) is 6.79. The minimum absolute atomic E-state index is 0.00230. The van der Waals surface area contributed by atoms with Gasteiger partial charge in [0.25, 0.3) is 10.0 Å². The highest BCUT2D eigenvalue weighted by atomic mass is 79.9. The van der Waals surface area contributed by atoms with Crippen molar-refractivity contribution in [1.82, 2.24) is 10.2 Å². The van der Waals surface area contributed by atoms with Gasteiger partial charge in [-0.2, -0.15) is 0 Å². The van der Waals surface area contributed by atoms with Gasteiger partial charge in [-0.3, -0.25) is 13.9 Å². The van der Waals surface area contributed by atoms with Gasteiger partial charge in [-0.05, 0) is 61.9 Å². The van der Waals surface area contributed by atoms with E-state index in [1.54, 1.807) is 30.0 Å². The van der Waals surface area contributed by atoms with Crippen LogP contribution in [0.5, 0.6) is 0 Å². The van der Waals surface area contributed by atoms with Crippen LogP contribution in [0.3, 0.4) is 0 Å². The van der Waals surface area contributed by atoms with Gasteiger partial charge in [0.2, 0.25) is 11.8 Å². The van der Waals surface area contributed by atoms with Gasteiger partial charge in [0.15, 0.2) is 0 Å². The van der Waals surface area contributed by atoms with Crippen molar-refractivity contribution >= 4 is 54.2 Å². The maximum atomic E-state index is 13.4. The first kappa shape index (κ1) is 27.1. The quantitative estimate of drug-likeness (QED) is 0.353. The molecule has 4 rings (SSSR count). The van der Waals surface area contributed by atoms with Crippen molar-refractivity contribution in [2.45, 2.75) is 63.6 Å². The Morgan fingerprint density at radius 1 is 1.05 bits per heavy atom. The van der Waals surface area contributed by atoms with E-state index >= 15 is 0 Å². The Morgan fingerprint density at radius 2 is 1.76 bits per heavy atom. The van der Waals surface area contributed by atoms with Gasteiger partial charge in [0.05, 0.1) is 10.6 Å². The SMILES string of the molecule is CC[C@@H](C)NC(=O)[C@@H](C)N(Cc1cccc(Br)c1)C(=O)CCCN1c2cccc3cccc(c23)S1(=O)=O. The van der Waals surface area contributed by atoms with Crippen LogP contribution in [-0.2, 0) is 26.2 Å². The zero-order valence-electron chi connectivity index (χ0n) is 21.3. The van der Waals surface area contributed by atoms with Gasteiger partial charge < -0.3 is 10.2 Å². The molecule has 196 valence electrons. The van der Waals surface area contributed by atoms with Gasteiger partial charge in [-0.1, -0.05) is 59.3 Å². The normalized spacial score (nSPS) is 15.4. The van der Waals surface area contributed by atoms with Crippen molar-refractivity contribution in [2.75, 3.05) is 10.8 Å². The number of hydrogen-bond donors (Lipinski definition) is 1. The highest BCUT2D eigenvalue weighted by Gasteiger charge is 2.35. The number of halogens is 1. The van der Waals surface area contributed by atoms with E-state index in [1.807, 2.05) is 56.3 Å².